The fourth-order valence-corrected chi connectivity index (χ4v) is 3.89. The molecule has 0 saturated heterocycles. The summed E-state index contributed by atoms with van der Waals surface area (Å²) in [4.78, 5) is 60.7. The molecule has 0 bridgehead atoms. The van der Waals surface area contributed by atoms with Crippen molar-refractivity contribution in [1.82, 2.24) is 16.0 Å². The van der Waals surface area contributed by atoms with Crippen LogP contribution in [0.4, 0.5) is 0 Å². The second kappa shape index (κ2) is 17.4. The van der Waals surface area contributed by atoms with Crippen molar-refractivity contribution < 1.29 is 34.2 Å². The Bertz CT molecular complexity index is 694. The van der Waals surface area contributed by atoms with E-state index in [9.17, 15) is 29.1 Å². The maximum Gasteiger partial charge on any atom is 0.326 e. The number of aliphatic carboxylic acids is 2. The molecular weight excluding hydrogens is 484 g/mol. The summed E-state index contributed by atoms with van der Waals surface area (Å²) in [6.07, 6.45) is 3.94. The van der Waals surface area contributed by atoms with Crippen LogP contribution >= 0.6 is 23.5 Å². The quantitative estimate of drug-likeness (QED) is 0.146. The number of nitrogens with one attached hydrogen (secondary N) is 3. The fourth-order valence-electron chi connectivity index (χ4n) is 2.93. The van der Waals surface area contributed by atoms with Crippen LogP contribution in [0.3, 0.4) is 0 Å². The van der Waals surface area contributed by atoms with Crippen LogP contribution in [0.1, 0.15) is 46.0 Å². The van der Waals surface area contributed by atoms with Crippen LogP contribution < -0.4 is 21.7 Å². The highest BCUT2D eigenvalue weighted by molar-refractivity contribution is 7.98. The van der Waals surface area contributed by atoms with E-state index in [-0.39, 0.29) is 25.2 Å². The van der Waals surface area contributed by atoms with Crippen LogP contribution in [0.25, 0.3) is 0 Å². The number of nitrogens with two attached hydrogens (primary N) is 1. The molecule has 0 aromatic carbocycles. The summed E-state index contributed by atoms with van der Waals surface area (Å²) in [6, 6.07) is -4.24. The summed E-state index contributed by atoms with van der Waals surface area (Å²) in [6.45, 7) is 3.60. The zero-order valence-electron chi connectivity index (χ0n) is 20.2. The Balaban J connectivity index is 5.49. The molecule has 34 heavy (non-hydrogen) atoms. The van der Waals surface area contributed by atoms with Crippen LogP contribution in [0.15, 0.2) is 0 Å². The van der Waals surface area contributed by atoms with Gasteiger partial charge in [-0.2, -0.15) is 23.5 Å². The first kappa shape index (κ1) is 32.0. The smallest absolute Gasteiger partial charge is 0.326 e. The lowest BCUT2D eigenvalue weighted by atomic mass is 10.0. The van der Waals surface area contributed by atoms with E-state index in [2.05, 4.69) is 16.0 Å². The number of carbonyl (C=O) groups is 5. The predicted octanol–water partition coefficient (Wildman–Crippen LogP) is 0.270. The lowest BCUT2D eigenvalue weighted by molar-refractivity contribution is -0.143. The second-order valence-corrected chi connectivity index (χ2v) is 10.2. The van der Waals surface area contributed by atoms with Crippen molar-refractivity contribution in [3.05, 3.63) is 0 Å². The standard InChI is InChI=1S/C21H38N4O7S2/c1-12(2)11-16(21(31)32)25-19(29)14(5-6-17(26)27)24-20(30)15(8-10-34-4)23-18(28)13(22)7-9-33-3/h12-16H,5-11,22H2,1-4H3,(H,23,28)(H,24,30)(H,25,29)(H,26,27)(H,31,32). The van der Waals surface area contributed by atoms with E-state index in [1.807, 2.05) is 12.5 Å². The highest BCUT2D eigenvalue weighted by atomic mass is 32.2. The van der Waals surface area contributed by atoms with Crippen molar-refractivity contribution in [1.29, 1.82) is 0 Å². The summed E-state index contributed by atoms with van der Waals surface area (Å²) in [5.74, 6) is -3.16. The SMILES string of the molecule is CSCCC(N)C(=O)NC(CCSC)C(=O)NC(CCC(=O)O)C(=O)NC(CC(C)C)C(=O)O. The number of carbonyl (C=O) groups excluding carboxylic acids is 3. The van der Waals surface area contributed by atoms with Crippen LogP contribution in [-0.4, -0.2) is 88.1 Å². The maximum absolute atomic E-state index is 13.0. The lowest BCUT2D eigenvalue weighted by Crippen LogP contribution is -2.57. The Kier molecular flexibility index (Phi) is 16.4. The normalized spacial score (nSPS) is 14.5. The van der Waals surface area contributed by atoms with Crippen LogP contribution in [0, 0.1) is 5.92 Å². The summed E-state index contributed by atoms with van der Waals surface area (Å²) >= 11 is 3.00. The molecule has 7 N–H and O–H groups in total. The number of amides is 3. The second-order valence-electron chi connectivity index (χ2n) is 8.25. The Morgan fingerprint density at radius 1 is 0.765 bits per heavy atom. The van der Waals surface area contributed by atoms with E-state index in [0.717, 1.165) is 0 Å². The van der Waals surface area contributed by atoms with Crippen molar-refractivity contribution in [3.63, 3.8) is 0 Å². The van der Waals surface area contributed by atoms with Gasteiger partial charge in [0, 0.05) is 6.42 Å². The minimum atomic E-state index is -1.28. The summed E-state index contributed by atoms with van der Waals surface area (Å²) in [5, 5.41) is 25.9. The minimum Gasteiger partial charge on any atom is -0.481 e. The molecule has 0 saturated carbocycles. The average molecular weight is 523 g/mol. The zero-order valence-corrected chi connectivity index (χ0v) is 21.8. The van der Waals surface area contributed by atoms with Gasteiger partial charge in [0.25, 0.3) is 0 Å². The van der Waals surface area contributed by atoms with Crippen LogP contribution in [0.5, 0.6) is 0 Å². The Labute approximate surface area is 209 Å². The summed E-state index contributed by atoms with van der Waals surface area (Å²) < 4.78 is 0. The van der Waals surface area contributed by atoms with Gasteiger partial charge >= 0.3 is 11.9 Å². The van der Waals surface area contributed by atoms with Gasteiger partial charge in [-0.15, -0.1) is 0 Å². The van der Waals surface area contributed by atoms with E-state index >= 15 is 0 Å². The molecule has 11 nitrogen and oxygen atoms in total. The Morgan fingerprint density at radius 2 is 1.24 bits per heavy atom. The van der Waals surface area contributed by atoms with Crippen molar-refractivity contribution in [3.8, 4) is 0 Å². The molecule has 4 atom stereocenters. The van der Waals surface area contributed by atoms with E-state index in [0.29, 0.717) is 17.9 Å². The van der Waals surface area contributed by atoms with E-state index in [1.54, 1.807) is 13.8 Å². The molecule has 0 aliphatic rings. The summed E-state index contributed by atoms with van der Waals surface area (Å²) in [7, 11) is 0. The molecule has 3 amide bonds. The molecule has 0 aliphatic heterocycles. The Morgan fingerprint density at radius 3 is 1.71 bits per heavy atom. The van der Waals surface area contributed by atoms with E-state index in [1.165, 1.54) is 23.5 Å². The molecule has 0 radical (unpaired) electrons. The molecule has 0 spiro atoms. The van der Waals surface area contributed by atoms with Crippen molar-refractivity contribution in [2.45, 2.75) is 70.1 Å². The highest BCUT2D eigenvalue weighted by Crippen LogP contribution is 2.08. The predicted molar refractivity (Wildman–Crippen MR) is 134 cm³/mol. The molecule has 0 aromatic heterocycles. The number of hydrogen-bond acceptors (Lipinski definition) is 8. The lowest BCUT2D eigenvalue weighted by Gasteiger charge is -2.25. The molecule has 0 fully saturated rings. The number of carboxylic acid groups (broad SMARTS) is 2. The first-order valence-electron chi connectivity index (χ1n) is 11.0. The molecule has 13 heteroatoms. The first-order valence-corrected chi connectivity index (χ1v) is 13.8. The third-order valence-electron chi connectivity index (χ3n) is 4.81. The number of hydrogen-bond donors (Lipinski definition) is 6. The molecule has 0 aromatic rings. The molecule has 196 valence electrons. The van der Waals surface area contributed by atoms with Gasteiger partial charge in [-0.25, -0.2) is 4.79 Å². The molecule has 0 aliphatic carbocycles. The van der Waals surface area contributed by atoms with Gasteiger partial charge in [-0.1, -0.05) is 13.8 Å². The van der Waals surface area contributed by atoms with E-state index in [4.69, 9.17) is 10.8 Å². The first-order chi connectivity index (χ1) is 15.9. The van der Waals surface area contributed by atoms with Gasteiger partial charge in [0.2, 0.25) is 17.7 Å². The third-order valence-corrected chi connectivity index (χ3v) is 6.10. The Hall–Kier alpha value is -1.99. The molecular formula is C21H38N4O7S2. The van der Waals surface area contributed by atoms with Crippen molar-refractivity contribution >= 4 is 53.2 Å². The topological polar surface area (TPSA) is 188 Å². The van der Waals surface area contributed by atoms with Gasteiger partial charge in [0.05, 0.1) is 6.04 Å². The van der Waals surface area contributed by atoms with Gasteiger partial charge in [0.15, 0.2) is 0 Å². The van der Waals surface area contributed by atoms with Crippen molar-refractivity contribution in [2.24, 2.45) is 11.7 Å². The number of rotatable bonds is 18. The number of carboxylic acids is 2. The highest BCUT2D eigenvalue weighted by Gasteiger charge is 2.30. The number of thioether (sulfide) groups is 2. The average Bonchev–Trinajstić information content (AvgIpc) is 2.76. The fraction of sp³-hybridized carbons (Fsp3) is 0.762. The maximum atomic E-state index is 13.0. The van der Waals surface area contributed by atoms with Crippen LogP contribution in [0.2, 0.25) is 0 Å². The van der Waals surface area contributed by atoms with Crippen molar-refractivity contribution in [2.75, 3.05) is 24.0 Å². The zero-order chi connectivity index (χ0) is 26.3. The molecule has 0 rings (SSSR count). The van der Waals surface area contributed by atoms with Gasteiger partial charge in [0.1, 0.15) is 18.1 Å². The van der Waals surface area contributed by atoms with Crippen LogP contribution in [-0.2, 0) is 24.0 Å². The van der Waals surface area contributed by atoms with E-state index < -0.39 is 60.2 Å². The summed E-state index contributed by atoms with van der Waals surface area (Å²) in [5.41, 5.74) is 5.89. The largest absolute Gasteiger partial charge is 0.481 e. The third kappa shape index (κ3) is 13.7. The van der Waals surface area contributed by atoms with Gasteiger partial charge < -0.3 is 31.9 Å². The monoisotopic (exact) mass is 522 g/mol. The minimum absolute atomic E-state index is 0.0186. The molecule has 0 heterocycles. The van der Waals surface area contributed by atoms with Gasteiger partial charge in [-0.05, 0) is 55.6 Å². The molecule has 4 unspecified atom stereocenters. The van der Waals surface area contributed by atoms with Gasteiger partial charge in [-0.3, -0.25) is 19.2 Å².